The molecule has 0 aromatic heterocycles. The third-order valence-electron chi connectivity index (χ3n) is 1.11. The molecule has 46 valence electrons. The zero-order valence-corrected chi connectivity index (χ0v) is 6.00. The molecule has 8 heavy (non-hydrogen) atoms. The topological polar surface area (TPSA) is 12.4 Å². The minimum Gasteiger partial charge on any atom is -0.282 e. The van der Waals surface area contributed by atoms with Crippen LogP contribution >= 0.6 is 11.8 Å². The highest BCUT2D eigenvalue weighted by atomic mass is 32.2. The van der Waals surface area contributed by atoms with E-state index in [4.69, 9.17) is 0 Å². The number of hydrogen-bond acceptors (Lipinski definition) is 2. The molecule has 1 aliphatic rings. The molecule has 0 aliphatic carbocycles. The third-order valence-corrected chi connectivity index (χ3v) is 2.17. The molecule has 0 aromatic rings. The van der Waals surface area contributed by atoms with Gasteiger partial charge in [-0.1, -0.05) is 13.3 Å². The lowest BCUT2D eigenvalue weighted by Crippen LogP contribution is -1.83. The molecule has 1 rings (SSSR count). The number of rotatable bonds is 2. The molecule has 0 bridgehead atoms. The molecule has 1 nitrogen and oxygen atoms in total. The first-order valence-corrected chi connectivity index (χ1v) is 4.08. The van der Waals surface area contributed by atoms with Crippen LogP contribution < -0.4 is 0 Å². The quantitative estimate of drug-likeness (QED) is 0.555. The third kappa shape index (κ3) is 1.51. The Balaban J connectivity index is 2.23. The van der Waals surface area contributed by atoms with E-state index in [2.05, 4.69) is 11.9 Å². The Hall–Kier alpha value is 0.0200. The van der Waals surface area contributed by atoms with Gasteiger partial charge in [0.05, 0.1) is 5.04 Å². The summed E-state index contributed by atoms with van der Waals surface area (Å²) in [5, 5.41) is 1.37. The average molecular weight is 129 g/mol. The van der Waals surface area contributed by atoms with Crippen molar-refractivity contribution in [2.45, 2.75) is 19.8 Å². The monoisotopic (exact) mass is 129 g/mol. The van der Waals surface area contributed by atoms with Gasteiger partial charge in [0.2, 0.25) is 0 Å². The van der Waals surface area contributed by atoms with Gasteiger partial charge in [-0.2, -0.15) is 0 Å². The molecule has 0 N–H and O–H groups in total. The van der Waals surface area contributed by atoms with Crippen LogP contribution in [-0.2, 0) is 0 Å². The van der Waals surface area contributed by atoms with Gasteiger partial charge in [0, 0.05) is 12.3 Å². The van der Waals surface area contributed by atoms with Gasteiger partial charge in [-0.3, -0.25) is 4.99 Å². The van der Waals surface area contributed by atoms with E-state index >= 15 is 0 Å². The molecule has 0 unspecified atom stereocenters. The van der Waals surface area contributed by atoms with Crippen molar-refractivity contribution in [2.75, 3.05) is 12.3 Å². The molecule has 1 aliphatic heterocycles. The fraction of sp³-hybridized carbons (Fsp3) is 0.833. The van der Waals surface area contributed by atoms with E-state index in [-0.39, 0.29) is 0 Å². The van der Waals surface area contributed by atoms with Crippen molar-refractivity contribution in [2.24, 2.45) is 4.99 Å². The summed E-state index contributed by atoms with van der Waals surface area (Å²) in [4.78, 5) is 4.31. The van der Waals surface area contributed by atoms with Crippen LogP contribution in [0.15, 0.2) is 4.99 Å². The van der Waals surface area contributed by atoms with Gasteiger partial charge in [-0.05, 0) is 6.42 Å². The van der Waals surface area contributed by atoms with Gasteiger partial charge in [-0.25, -0.2) is 0 Å². The van der Waals surface area contributed by atoms with Crippen molar-refractivity contribution in [1.82, 2.24) is 0 Å². The van der Waals surface area contributed by atoms with E-state index in [9.17, 15) is 0 Å². The first kappa shape index (κ1) is 6.14. The largest absolute Gasteiger partial charge is 0.282 e. The highest BCUT2D eigenvalue weighted by Crippen LogP contribution is 2.14. The number of hydrogen-bond donors (Lipinski definition) is 0. The van der Waals surface area contributed by atoms with Crippen molar-refractivity contribution in [3.63, 3.8) is 0 Å². The van der Waals surface area contributed by atoms with Crippen LogP contribution in [0.3, 0.4) is 0 Å². The van der Waals surface area contributed by atoms with E-state index in [0.717, 1.165) is 6.54 Å². The van der Waals surface area contributed by atoms with Crippen molar-refractivity contribution in [3.05, 3.63) is 0 Å². The first-order valence-electron chi connectivity index (χ1n) is 3.09. The van der Waals surface area contributed by atoms with E-state index in [1.807, 2.05) is 11.8 Å². The van der Waals surface area contributed by atoms with Gasteiger partial charge in [-0.15, -0.1) is 11.8 Å². The first-order chi connectivity index (χ1) is 3.93. The Morgan fingerprint density at radius 1 is 1.75 bits per heavy atom. The van der Waals surface area contributed by atoms with Crippen molar-refractivity contribution >= 4 is 16.8 Å². The summed E-state index contributed by atoms with van der Waals surface area (Å²) >= 11 is 1.92. The summed E-state index contributed by atoms with van der Waals surface area (Å²) in [5.41, 5.74) is 0. The second kappa shape index (κ2) is 3.13. The highest BCUT2D eigenvalue weighted by Gasteiger charge is 2.03. The smallest absolute Gasteiger partial charge is 0.0676 e. The maximum absolute atomic E-state index is 4.31. The molecule has 0 aromatic carbocycles. The lowest BCUT2D eigenvalue weighted by molar-refractivity contribution is 0.997. The van der Waals surface area contributed by atoms with Crippen molar-refractivity contribution in [3.8, 4) is 0 Å². The molecular formula is C6H11NS. The van der Waals surface area contributed by atoms with Crippen LogP contribution in [0.25, 0.3) is 0 Å². The van der Waals surface area contributed by atoms with Gasteiger partial charge in [0.1, 0.15) is 0 Å². The molecule has 0 saturated heterocycles. The van der Waals surface area contributed by atoms with Crippen LogP contribution in [0.2, 0.25) is 0 Å². The molecule has 2 heteroatoms. The lowest BCUT2D eigenvalue weighted by atomic mass is 10.4. The van der Waals surface area contributed by atoms with Crippen LogP contribution in [0.4, 0.5) is 0 Å². The van der Waals surface area contributed by atoms with Gasteiger partial charge >= 0.3 is 0 Å². The molecule has 0 radical (unpaired) electrons. The predicted molar refractivity (Wildman–Crippen MR) is 39.7 cm³/mol. The molecular weight excluding hydrogens is 118 g/mol. The van der Waals surface area contributed by atoms with Crippen molar-refractivity contribution in [1.29, 1.82) is 0 Å². The van der Waals surface area contributed by atoms with Gasteiger partial charge in [0.25, 0.3) is 0 Å². The Morgan fingerprint density at radius 2 is 2.62 bits per heavy atom. The Bertz CT molecular complexity index is 98.7. The molecule has 0 spiro atoms. The second-order valence-electron chi connectivity index (χ2n) is 1.87. The summed E-state index contributed by atoms with van der Waals surface area (Å²) in [7, 11) is 0. The molecule has 0 atom stereocenters. The summed E-state index contributed by atoms with van der Waals surface area (Å²) < 4.78 is 0. The minimum absolute atomic E-state index is 1.06. The van der Waals surface area contributed by atoms with Crippen LogP contribution in [0, 0.1) is 0 Å². The Morgan fingerprint density at radius 3 is 3.12 bits per heavy atom. The molecule has 1 heterocycles. The Labute approximate surface area is 54.6 Å². The number of nitrogens with zero attached hydrogens (tertiary/aromatic N) is 1. The highest BCUT2D eigenvalue weighted by molar-refractivity contribution is 8.14. The average Bonchev–Trinajstić information content (AvgIpc) is 2.19. The van der Waals surface area contributed by atoms with E-state index in [1.165, 1.54) is 23.6 Å². The van der Waals surface area contributed by atoms with Crippen LogP contribution in [-0.4, -0.2) is 17.3 Å². The van der Waals surface area contributed by atoms with Gasteiger partial charge in [0.15, 0.2) is 0 Å². The van der Waals surface area contributed by atoms with E-state index < -0.39 is 0 Å². The molecule has 0 fully saturated rings. The van der Waals surface area contributed by atoms with Crippen LogP contribution in [0.1, 0.15) is 19.8 Å². The summed E-state index contributed by atoms with van der Waals surface area (Å²) in [6, 6.07) is 0. The number of aliphatic imine (C=N–C) groups is 1. The second-order valence-corrected chi connectivity index (χ2v) is 3.04. The zero-order chi connectivity index (χ0) is 5.82. The standard InChI is InChI=1S/C6H11NS/c1-2-3-6-7-4-5-8-6/h2-5H2,1H3. The maximum atomic E-state index is 4.31. The summed E-state index contributed by atoms with van der Waals surface area (Å²) in [5.74, 6) is 1.22. The van der Waals surface area contributed by atoms with Crippen molar-refractivity contribution < 1.29 is 0 Å². The predicted octanol–water partition coefficient (Wildman–Crippen LogP) is 1.93. The minimum atomic E-state index is 1.06. The zero-order valence-electron chi connectivity index (χ0n) is 5.18. The van der Waals surface area contributed by atoms with Crippen LogP contribution in [0.5, 0.6) is 0 Å². The number of thioether (sulfide) groups is 1. The molecule has 0 saturated carbocycles. The van der Waals surface area contributed by atoms with E-state index in [1.54, 1.807) is 0 Å². The fourth-order valence-corrected chi connectivity index (χ4v) is 1.69. The fourth-order valence-electron chi connectivity index (χ4n) is 0.745. The lowest BCUT2D eigenvalue weighted by Gasteiger charge is -1.90. The Kier molecular flexibility index (Phi) is 2.40. The SMILES string of the molecule is CCCC1=NCCS1. The van der Waals surface area contributed by atoms with Gasteiger partial charge < -0.3 is 0 Å². The van der Waals surface area contributed by atoms with E-state index in [0.29, 0.717) is 0 Å². The summed E-state index contributed by atoms with van der Waals surface area (Å²) in [6.07, 6.45) is 2.44. The normalized spacial score (nSPS) is 18.9. The molecule has 0 amide bonds. The summed E-state index contributed by atoms with van der Waals surface area (Å²) in [6.45, 7) is 3.25. The maximum Gasteiger partial charge on any atom is 0.0676 e.